The summed E-state index contributed by atoms with van der Waals surface area (Å²) in [7, 11) is 1.91. The zero-order chi connectivity index (χ0) is 11.5. The van der Waals surface area contributed by atoms with Crippen molar-refractivity contribution in [1.29, 1.82) is 0 Å². The topological polar surface area (TPSA) is 37.8 Å². The second-order valence-electron chi connectivity index (χ2n) is 3.16. The Morgan fingerprint density at radius 3 is 3.00 bits per heavy atom. The molecule has 16 heavy (non-hydrogen) atoms. The Balaban J connectivity index is 2.38. The van der Waals surface area contributed by atoms with E-state index in [1.165, 1.54) is 3.57 Å². The van der Waals surface area contributed by atoms with Gasteiger partial charge < -0.3 is 5.32 Å². The van der Waals surface area contributed by atoms with Crippen molar-refractivity contribution >= 4 is 49.9 Å². The third-order valence-electron chi connectivity index (χ3n) is 1.95. The van der Waals surface area contributed by atoms with Gasteiger partial charge in [-0.15, -0.1) is 10.2 Å². The highest BCUT2D eigenvalue weighted by Gasteiger charge is 2.09. The number of rotatable bonds is 3. The maximum Gasteiger partial charge on any atom is 0.148 e. The SMILES string of the molecule is CNCc1nnc(-c2cc(Br)ccc2I)s1. The molecule has 2 rings (SSSR count). The molecule has 6 heteroatoms. The van der Waals surface area contributed by atoms with Gasteiger partial charge in [0.25, 0.3) is 0 Å². The lowest BCUT2D eigenvalue weighted by Gasteiger charge is -2.00. The van der Waals surface area contributed by atoms with Gasteiger partial charge in [-0.2, -0.15) is 0 Å². The first kappa shape index (κ1) is 12.4. The Morgan fingerprint density at radius 2 is 2.25 bits per heavy atom. The van der Waals surface area contributed by atoms with Gasteiger partial charge in [0.2, 0.25) is 0 Å². The average molecular weight is 410 g/mol. The lowest BCUT2D eigenvalue weighted by Crippen LogP contribution is -2.04. The first-order valence-corrected chi connectivity index (χ1v) is 7.32. The Kier molecular flexibility index (Phi) is 4.28. The van der Waals surface area contributed by atoms with Crippen LogP contribution in [0.15, 0.2) is 22.7 Å². The summed E-state index contributed by atoms with van der Waals surface area (Å²) in [6, 6.07) is 6.17. The summed E-state index contributed by atoms with van der Waals surface area (Å²) >= 11 is 7.41. The van der Waals surface area contributed by atoms with Crippen LogP contribution in [-0.4, -0.2) is 17.2 Å². The molecule has 0 amide bonds. The monoisotopic (exact) mass is 409 g/mol. The first-order chi connectivity index (χ1) is 7.70. The summed E-state index contributed by atoms with van der Waals surface area (Å²) in [6.07, 6.45) is 0. The van der Waals surface area contributed by atoms with E-state index in [4.69, 9.17) is 0 Å². The molecule has 0 fully saturated rings. The smallest absolute Gasteiger partial charge is 0.148 e. The molecule has 0 aliphatic rings. The maximum atomic E-state index is 4.21. The van der Waals surface area contributed by atoms with Crippen LogP contribution in [0.4, 0.5) is 0 Å². The molecular weight excluding hydrogens is 401 g/mol. The molecule has 0 radical (unpaired) electrons. The Labute approximate surface area is 120 Å². The summed E-state index contributed by atoms with van der Waals surface area (Å²) in [5, 5.41) is 13.4. The molecule has 0 saturated heterocycles. The van der Waals surface area contributed by atoms with E-state index in [0.717, 1.165) is 26.6 Å². The number of nitrogens with one attached hydrogen (secondary N) is 1. The van der Waals surface area contributed by atoms with Gasteiger partial charge in [0.1, 0.15) is 10.0 Å². The van der Waals surface area contributed by atoms with Crippen molar-refractivity contribution in [1.82, 2.24) is 15.5 Å². The van der Waals surface area contributed by atoms with Crippen molar-refractivity contribution in [2.45, 2.75) is 6.54 Å². The Bertz CT molecular complexity index is 501. The van der Waals surface area contributed by atoms with Crippen molar-refractivity contribution in [3.8, 4) is 10.6 Å². The third-order valence-corrected chi connectivity index (χ3v) is 4.34. The second-order valence-corrected chi connectivity index (χ2v) is 6.30. The Morgan fingerprint density at radius 1 is 1.44 bits per heavy atom. The number of hydrogen-bond donors (Lipinski definition) is 1. The second kappa shape index (κ2) is 5.52. The van der Waals surface area contributed by atoms with Crippen molar-refractivity contribution < 1.29 is 0 Å². The van der Waals surface area contributed by atoms with Gasteiger partial charge in [-0.25, -0.2) is 0 Å². The zero-order valence-electron chi connectivity index (χ0n) is 8.50. The number of nitrogens with zero attached hydrogens (tertiary/aromatic N) is 2. The number of aromatic nitrogens is 2. The van der Waals surface area contributed by atoms with Crippen LogP contribution in [-0.2, 0) is 6.54 Å². The van der Waals surface area contributed by atoms with Gasteiger partial charge in [-0.05, 0) is 47.8 Å². The van der Waals surface area contributed by atoms with E-state index in [2.05, 4.69) is 66.2 Å². The fourth-order valence-electron chi connectivity index (χ4n) is 1.25. The highest BCUT2D eigenvalue weighted by molar-refractivity contribution is 14.1. The molecule has 0 unspecified atom stereocenters. The van der Waals surface area contributed by atoms with E-state index < -0.39 is 0 Å². The van der Waals surface area contributed by atoms with Gasteiger partial charge in [0, 0.05) is 20.2 Å². The number of halogens is 2. The highest BCUT2D eigenvalue weighted by Crippen LogP contribution is 2.30. The zero-order valence-corrected chi connectivity index (χ0v) is 13.1. The molecule has 0 atom stereocenters. The minimum atomic E-state index is 0.766. The van der Waals surface area contributed by atoms with Crippen LogP contribution in [0, 0.1) is 3.57 Å². The van der Waals surface area contributed by atoms with Crippen LogP contribution in [0.5, 0.6) is 0 Å². The van der Waals surface area contributed by atoms with E-state index in [1.807, 2.05) is 13.1 Å². The number of benzene rings is 1. The van der Waals surface area contributed by atoms with Gasteiger partial charge in [-0.3, -0.25) is 0 Å². The van der Waals surface area contributed by atoms with Crippen molar-refractivity contribution in [3.05, 3.63) is 31.2 Å². The van der Waals surface area contributed by atoms with Crippen molar-refractivity contribution in [3.63, 3.8) is 0 Å². The summed E-state index contributed by atoms with van der Waals surface area (Å²) in [5.41, 5.74) is 1.13. The van der Waals surface area contributed by atoms with Gasteiger partial charge >= 0.3 is 0 Å². The van der Waals surface area contributed by atoms with Crippen LogP contribution in [0.25, 0.3) is 10.6 Å². The van der Waals surface area contributed by atoms with Crippen LogP contribution in [0.2, 0.25) is 0 Å². The van der Waals surface area contributed by atoms with Crippen LogP contribution in [0.1, 0.15) is 5.01 Å². The minimum Gasteiger partial charge on any atom is -0.313 e. The molecule has 0 aliphatic carbocycles. The fourth-order valence-corrected chi connectivity index (χ4v) is 3.26. The molecule has 84 valence electrons. The first-order valence-electron chi connectivity index (χ1n) is 4.63. The summed E-state index contributed by atoms with van der Waals surface area (Å²) < 4.78 is 2.25. The van der Waals surface area contributed by atoms with Crippen molar-refractivity contribution in [2.24, 2.45) is 0 Å². The molecule has 0 bridgehead atoms. The molecule has 1 N–H and O–H groups in total. The fraction of sp³-hybridized carbons (Fsp3) is 0.200. The van der Waals surface area contributed by atoms with Gasteiger partial charge in [0.15, 0.2) is 0 Å². The molecule has 3 nitrogen and oxygen atoms in total. The van der Waals surface area contributed by atoms with E-state index in [0.29, 0.717) is 0 Å². The van der Waals surface area contributed by atoms with Gasteiger partial charge in [-0.1, -0.05) is 27.3 Å². The lowest BCUT2D eigenvalue weighted by molar-refractivity contribution is 0.795. The predicted octanol–water partition coefficient (Wildman–Crippen LogP) is 3.29. The number of hydrogen-bond acceptors (Lipinski definition) is 4. The predicted molar refractivity (Wildman–Crippen MR) is 78.5 cm³/mol. The minimum absolute atomic E-state index is 0.766. The van der Waals surface area contributed by atoms with E-state index in [9.17, 15) is 0 Å². The summed E-state index contributed by atoms with van der Waals surface area (Å²) in [5.74, 6) is 0. The Hall–Kier alpha value is -0.0500. The standard InChI is InChI=1S/C10H9BrIN3S/c1-13-5-9-14-15-10(16-9)7-4-6(11)2-3-8(7)12/h2-4,13H,5H2,1H3. The maximum absolute atomic E-state index is 4.21. The molecule has 1 aromatic carbocycles. The third kappa shape index (κ3) is 2.79. The van der Waals surface area contributed by atoms with E-state index in [-0.39, 0.29) is 0 Å². The summed E-state index contributed by atoms with van der Waals surface area (Å²) in [4.78, 5) is 0. The van der Waals surface area contributed by atoms with Crippen molar-refractivity contribution in [2.75, 3.05) is 7.05 Å². The quantitative estimate of drug-likeness (QED) is 0.790. The molecule has 1 aromatic heterocycles. The molecule has 0 saturated carbocycles. The van der Waals surface area contributed by atoms with E-state index >= 15 is 0 Å². The normalized spacial score (nSPS) is 10.7. The molecule has 0 spiro atoms. The van der Waals surface area contributed by atoms with Gasteiger partial charge in [0.05, 0.1) is 0 Å². The average Bonchev–Trinajstić information content (AvgIpc) is 2.71. The lowest BCUT2D eigenvalue weighted by atomic mass is 10.2. The van der Waals surface area contributed by atoms with Crippen LogP contribution >= 0.6 is 49.9 Å². The molecular formula is C10H9BrIN3S. The summed E-state index contributed by atoms with van der Waals surface area (Å²) in [6.45, 7) is 0.766. The van der Waals surface area contributed by atoms with Crippen LogP contribution in [0.3, 0.4) is 0 Å². The largest absolute Gasteiger partial charge is 0.313 e. The van der Waals surface area contributed by atoms with Crippen LogP contribution < -0.4 is 5.32 Å². The molecule has 0 aliphatic heterocycles. The van der Waals surface area contributed by atoms with E-state index in [1.54, 1.807) is 11.3 Å². The highest BCUT2D eigenvalue weighted by atomic mass is 127. The molecule has 1 heterocycles. The molecule has 2 aromatic rings.